The van der Waals surface area contributed by atoms with E-state index in [4.69, 9.17) is 4.52 Å². The van der Waals surface area contributed by atoms with Crippen LogP contribution in [0.5, 0.6) is 0 Å². The number of nitrogens with zero attached hydrogens (tertiary/aromatic N) is 3. The summed E-state index contributed by atoms with van der Waals surface area (Å²) in [7, 11) is 1.95. The Bertz CT molecular complexity index is 774. The summed E-state index contributed by atoms with van der Waals surface area (Å²) < 4.78 is 5.11. The van der Waals surface area contributed by atoms with Gasteiger partial charge in [0.15, 0.2) is 0 Å². The summed E-state index contributed by atoms with van der Waals surface area (Å²) in [6.45, 7) is 10.4. The van der Waals surface area contributed by atoms with Crippen LogP contribution in [-0.4, -0.2) is 41.0 Å². The van der Waals surface area contributed by atoms with Crippen LogP contribution in [0.3, 0.4) is 0 Å². The average Bonchev–Trinajstić information content (AvgIpc) is 3.23. The minimum absolute atomic E-state index is 0.145. The summed E-state index contributed by atoms with van der Waals surface area (Å²) in [6, 6.07) is 10.9. The highest BCUT2D eigenvalue weighted by atomic mass is 16.5. The molecule has 0 radical (unpaired) electrons. The fourth-order valence-electron chi connectivity index (χ4n) is 3.76. The van der Waals surface area contributed by atoms with Crippen LogP contribution in [0.2, 0.25) is 0 Å². The number of rotatable bonds is 5. The standard InChI is InChI=1S/C22H31N3O2/c1-16-13-19(23-27-16)14-24(5)15-21(26)25-12-6-7-20(25)17-8-10-18(11-9-17)22(2,3)4/h8-11,13,20H,6-7,12,14-15H2,1-5H3. The summed E-state index contributed by atoms with van der Waals surface area (Å²) in [6.07, 6.45) is 2.09. The van der Waals surface area contributed by atoms with Crippen LogP contribution < -0.4 is 0 Å². The molecule has 1 aliphatic rings. The van der Waals surface area contributed by atoms with Crippen LogP contribution in [0, 0.1) is 6.92 Å². The van der Waals surface area contributed by atoms with Crippen molar-refractivity contribution in [2.75, 3.05) is 20.1 Å². The number of carbonyl (C=O) groups is 1. The van der Waals surface area contributed by atoms with Gasteiger partial charge >= 0.3 is 0 Å². The smallest absolute Gasteiger partial charge is 0.237 e. The van der Waals surface area contributed by atoms with Gasteiger partial charge in [0.1, 0.15) is 5.76 Å². The first-order chi connectivity index (χ1) is 12.7. The van der Waals surface area contributed by atoms with Crippen LogP contribution >= 0.6 is 0 Å². The van der Waals surface area contributed by atoms with Gasteiger partial charge in [-0.25, -0.2) is 0 Å². The highest BCUT2D eigenvalue weighted by Gasteiger charge is 2.30. The maximum Gasteiger partial charge on any atom is 0.237 e. The molecule has 0 bridgehead atoms. The Balaban J connectivity index is 1.63. The molecular formula is C22H31N3O2. The molecule has 1 fully saturated rings. The number of benzene rings is 1. The van der Waals surface area contributed by atoms with Crippen molar-refractivity contribution in [3.05, 3.63) is 52.9 Å². The first-order valence-corrected chi connectivity index (χ1v) is 9.74. The van der Waals surface area contributed by atoms with Crippen molar-refractivity contribution >= 4 is 5.91 Å². The normalized spacial score (nSPS) is 17.7. The summed E-state index contributed by atoms with van der Waals surface area (Å²) in [4.78, 5) is 16.9. The van der Waals surface area contributed by atoms with Crippen molar-refractivity contribution in [1.29, 1.82) is 0 Å². The van der Waals surface area contributed by atoms with Crippen LogP contribution in [0.1, 0.15) is 62.2 Å². The fraction of sp³-hybridized carbons (Fsp3) is 0.545. The van der Waals surface area contributed by atoms with Crippen LogP contribution in [0.15, 0.2) is 34.9 Å². The van der Waals surface area contributed by atoms with E-state index >= 15 is 0 Å². The zero-order valence-corrected chi connectivity index (χ0v) is 17.2. The topological polar surface area (TPSA) is 49.6 Å². The van der Waals surface area contributed by atoms with Gasteiger partial charge in [0, 0.05) is 19.2 Å². The molecule has 0 spiro atoms. The molecule has 1 aromatic heterocycles. The van der Waals surface area contributed by atoms with E-state index in [0.717, 1.165) is 30.8 Å². The van der Waals surface area contributed by atoms with Gasteiger partial charge in [0.05, 0.1) is 18.3 Å². The minimum Gasteiger partial charge on any atom is -0.361 e. The largest absolute Gasteiger partial charge is 0.361 e. The number of amides is 1. The van der Waals surface area contributed by atoms with Gasteiger partial charge in [0.25, 0.3) is 0 Å². The van der Waals surface area contributed by atoms with E-state index in [1.807, 2.05) is 29.8 Å². The Morgan fingerprint density at radius 3 is 2.59 bits per heavy atom. The van der Waals surface area contributed by atoms with Crippen LogP contribution in [0.25, 0.3) is 0 Å². The van der Waals surface area contributed by atoms with Gasteiger partial charge in [-0.05, 0) is 43.4 Å². The average molecular weight is 370 g/mol. The molecule has 2 heterocycles. The van der Waals surface area contributed by atoms with E-state index in [-0.39, 0.29) is 17.4 Å². The van der Waals surface area contributed by atoms with E-state index in [0.29, 0.717) is 13.1 Å². The van der Waals surface area contributed by atoms with E-state index in [1.54, 1.807) is 0 Å². The second-order valence-corrected chi connectivity index (χ2v) is 8.72. The molecule has 1 atom stereocenters. The highest BCUT2D eigenvalue weighted by Crippen LogP contribution is 2.33. The van der Waals surface area contributed by atoms with Gasteiger partial charge in [-0.15, -0.1) is 0 Å². The number of hydrogen-bond donors (Lipinski definition) is 0. The SMILES string of the molecule is Cc1cc(CN(C)CC(=O)N2CCCC2c2ccc(C(C)(C)C)cc2)no1. The lowest BCUT2D eigenvalue weighted by Gasteiger charge is -2.28. The van der Waals surface area contributed by atoms with Crippen molar-refractivity contribution in [2.45, 2.75) is 58.5 Å². The molecule has 1 aliphatic heterocycles. The molecule has 5 heteroatoms. The van der Waals surface area contributed by atoms with Gasteiger partial charge in [-0.3, -0.25) is 9.69 Å². The molecular weight excluding hydrogens is 338 g/mol. The lowest BCUT2D eigenvalue weighted by atomic mass is 9.86. The Morgan fingerprint density at radius 2 is 2.00 bits per heavy atom. The molecule has 146 valence electrons. The Morgan fingerprint density at radius 1 is 1.30 bits per heavy atom. The third-order valence-corrected chi connectivity index (χ3v) is 5.25. The first kappa shape index (κ1) is 19.6. The molecule has 5 nitrogen and oxygen atoms in total. The Labute approximate surface area is 162 Å². The maximum atomic E-state index is 12.9. The molecule has 27 heavy (non-hydrogen) atoms. The zero-order valence-electron chi connectivity index (χ0n) is 17.2. The van der Waals surface area contributed by atoms with Gasteiger partial charge in [-0.2, -0.15) is 0 Å². The van der Waals surface area contributed by atoms with E-state index in [2.05, 4.69) is 50.2 Å². The van der Waals surface area contributed by atoms with Gasteiger partial charge < -0.3 is 9.42 Å². The second kappa shape index (κ2) is 7.85. The van der Waals surface area contributed by atoms with E-state index < -0.39 is 0 Å². The first-order valence-electron chi connectivity index (χ1n) is 9.74. The lowest BCUT2D eigenvalue weighted by molar-refractivity contribution is -0.133. The number of likely N-dealkylation sites (tertiary alicyclic amines) is 1. The number of aromatic nitrogens is 1. The molecule has 1 saturated heterocycles. The number of likely N-dealkylation sites (N-methyl/N-ethyl adjacent to an activating group) is 1. The molecule has 0 aliphatic carbocycles. The quantitative estimate of drug-likeness (QED) is 0.797. The highest BCUT2D eigenvalue weighted by molar-refractivity contribution is 5.79. The Kier molecular flexibility index (Phi) is 5.70. The predicted molar refractivity (Wildman–Crippen MR) is 106 cm³/mol. The summed E-state index contributed by atoms with van der Waals surface area (Å²) in [5.41, 5.74) is 3.57. The lowest BCUT2D eigenvalue weighted by Crippen LogP contribution is -2.38. The van der Waals surface area contributed by atoms with E-state index in [1.165, 1.54) is 11.1 Å². The zero-order chi connectivity index (χ0) is 19.6. The van der Waals surface area contributed by atoms with E-state index in [9.17, 15) is 4.79 Å². The molecule has 1 unspecified atom stereocenters. The third kappa shape index (κ3) is 4.78. The molecule has 0 saturated carbocycles. The maximum absolute atomic E-state index is 12.9. The molecule has 2 aromatic rings. The van der Waals surface area contributed by atoms with Crippen molar-refractivity contribution in [3.63, 3.8) is 0 Å². The molecule has 3 rings (SSSR count). The molecule has 1 amide bonds. The monoisotopic (exact) mass is 369 g/mol. The van der Waals surface area contributed by atoms with Gasteiger partial charge in [-0.1, -0.05) is 50.2 Å². The molecule has 1 aromatic carbocycles. The van der Waals surface area contributed by atoms with Gasteiger partial charge in [0.2, 0.25) is 5.91 Å². The third-order valence-electron chi connectivity index (χ3n) is 5.25. The minimum atomic E-state index is 0.145. The Hall–Kier alpha value is -2.14. The van der Waals surface area contributed by atoms with Crippen molar-refractivity contribution in [2.24, 2.45) is 0 Å². The van der Waals surface area contributed by atoms with Crippen LogP contribution in [0.4, 0.5) is 0 Å². The summed E-state index contributed by atoms with van der Waals surface area (Å²) >= 11 is 0. The fourth-order valence-corrected chi connectivity index (χ4v) is 3.76. The predicted octanol–water partition coefficient (Wildman–Crippen LogP) is 4.08. The number of carbonyl (C=O) groups excluding carboxylic acids is 1. The second-order valence-electron chi connectivity index (χ2n) is 8.72. The summed E-state index contributed by atoms with van der Waals surface area (Å²) in [5, 5.41) is 4.01. The molecule has 0 N–H and O–H groups in total. The van der Waals surface area contributed by atoms with Crippen molar-refractivity contribution < 1.29 is 9.32 Å². The number of aryl methyl sites for hydroxylation is 1. The van der Waals surface area contributed by atoms with Crippen molar-refractivity contribution in [1.82, 2.24) is 15.0 Å². The van der Waals surface area contributed by atoms with Crippen LogP contribution in [-0.2, 0) is 16.8 Å². The van der Waals surface area contributed by atoms with Crippen molar-refractivity contribution in [3.8, 4) is 0 Å². The number of hydrogen-bond acceptors (Lipinski definition) is 4. The summed E-state index contributed by atoms with van der Waals surface area (Å²) in [5.74, 6) is 0.975.